The Bertz CT molecular complexity index is 2040. The van der Waals surface area contributed by atoms with Crippen LogP contribution in [0.15, 0.2) is 91.4 Å². The van der Waals surface area contributed by atoms with Gasteiger partial charge in [0, 0.05) is 18.7 Å². The van der Waals surface area contributed by atoms with Gasteiger partial charge in [-0.15, -0.1) is 0 Å². The summed E-state index contributed by atoms with van der Waals surface area (Å²) in [5.41, 5.74) is 5.90. The number of hydrogen-bond donors (Lipinski definition) is 4. The van der Waals surface area contributed by atoms with Crippen molar-refractivity contribution in [2.45, 2.75) is 44.6 Å². The molecule has 3 fully saturated rings. The predicted octanol–water partition coefficient (Wildman–Crippen LogP) is 7.67. The van der Waals surface area contributed by atoms with Gasteiger partial charge in [0.05, 0.1) is 71.8 Å². The van der Waals surface area contributed by atoms with Crippen molar-refractivity contribution in [2.24, 2.45) is 0 Å². The molecule has 0 spiro atoms. The van der Waals surface area contributed by atoms with Crippen LogP contribution in [0.5, 0.6) is 5.75 Å². The number of ether oxygens (including phenoxy) is 2. The van der Waals surface area contributed by atoms with Crippen molar-refractivity contribution >= 4 is 40.5 Å². The van der Waals surface area contributed by atoms with Gasteiger partial charge in [-0.2, -0.15) is 0 Å². The third-order valence-corrected chi connectivity index (χ3v) is 8.94. The van der Waals surface area contributed by atoms with Gasteiger partial charge in [-0.25, -0.2) is 24.5 Å². The number of carbonyl (C=O) groups is 2. The molecule has 4 N–H and O–H groups in total. The SMILES string of the molecule is Cc1ccc(Nc2ccc(N3CCOCC3)nc2)c(C(=O)O)c1.O=C(O)c1cc(C2CC2)ccc1Nc1cnc(-c2cccc(OC3CC3)c2)nc1. The second kappa shape index (κ2) is 15.5. The van der Waals surface area contributed by atoms with Crippen LogP contribution in [0, 0.1) is 6.92 Å². The zero-order valence-electron chi connectivity index (χ0n) is 28.8. The molecule has 0 amide bonds. The van der Waals surface area contributed by atoms with Gasteiger partial charge in [-0.3, -0.25) is 0 Å². The molecule has 3 aliphatic rings. The molecular formula is C40H40N6O6. The third kappa shape index (κ3) is 8.82. The second-order valence-corrected chi connectivity index (χ2v) is 13.1. The highest BCUT2D eigenvalue weighted by Gasteiger charge is 2.25. The summed E-state index contributed by atoms with van der Waals surface area (Å²) in [5.74, 6) is 0.941. The number of carboxylic acids is 2. The largest absolute Gasteiger partial charge is 0.490 e. The number of carboxylic acid groups (broad SMARTS) is 2. The van der Waals surface area contributed by atoms with Crippen LogP contribution < -0.4 is 20.3 Å². The van der Waals surface area contributed by atoms with Gasteiger partial charge >= 0.3 is 11.9 Å². The maximum Gasteiger partial charge on any atom is 0.337 e. The van der Waals surface area contributed by atoms with Crippen molar-refractivity contribution in [1.82, 2.24) is 15.0 Å². The van der Waals surface area contributed by atoms with Crippen LogP contribution in [0.3, 0.4) is 0 Å². The van der Waals surface area contributed by atoms with Crippen LogP contribution in [0.1, 0.15) is 63.4 Å². The van der Waals surface area contributed by atoms with Crippen molar-refractivity contribution in [3.8, 4) is 17.1 Å². The molecule has 2 saturated carbocycles. The summed E-state index contributed by atoms with van der Waals surface area (Å²) in [5, 5.41) is 25.1. The molecule has 2 aliphatic carbocycles. The van der Waals surface area contributed by atoms with E-state index in [1.165, 1.54) is 0 Å². The van der Waals surface area contributed by atoms with Gasteiger partial charge in [-0.05, 0) is 92.6 Å². The zero-order valence-corrected chi connectivity index (χ0v) is 28.8. The lowest BCUT2D eigenvalue weighted by molar-refractivity contribution is 0.0687. The smallest absolute Gasteiger partial charge is 0.337 e. The molecular weight excluding hydrogens is 660 g/mol. The van der Waals surface area contributed by atoms with E-state index in [0.29, 0.717) is 48.1 Å². The van der Waals surface area contributed by atoms with Gasteiger partial charge in [0.2, 0.25) is 0 Å². The van der Waals surface area contributed by atoms with E-state index >= 15 is 0 Å². The minimum Gasteiger partial charge on any atom is -0.490 e. The zero-order chi connectivity index (χ0) is 36.0. The predicted molar refractivity (Wildman–Crippen MR) is 198 cm³/mol. The number of anilines is 5. The summed E-state index contributed by atoms with van der Waals surface area (Å²) in [6.07, 6.45) is 9.88. The van der Waals surface area contributed by atoms with Crippen molar-refractivity contribution < 1.29 is 29.3 Å². The van der Waals surface area contributed by atoms with E-state index in [-0.39, 0.29) is 11.1 Å². The third-order valence-electron chi connectivity index (χ3n) is 8.94. The molecule has 0 atom stereocenters. The quantitative estimate of drug-likeness (QED) is 0.107. The minimum absolute atomic E-state index is 0.252. The number of nitrogens with one attached hydrogen (secondary N) is 2. The number of aromatic carboxylic acids is 2. The Morgan fingerprint density at radius 3 is 2.10 bits per heavy atom. The molecule has 12 nitrogen and oxygen atoms in total. The van der Waals surface area contributed by atoms with E-state index in [1.54, 1.807) is 36.8 Å². The van der Waals surface area contributed by atoms with Crippen LogP contribution >= 0.6 is 0 Å². The van der Waals surface area contributed by atoms with Crippen LogP contribution in [0.2, 0.25) is 0 Å². The summed E-state index contributed by atoms with van der Waals surface area (Å²) in [4.78, 5) is 38.5. The molecule has 1 aliphatic heterocycles. The number of pyridine rings is 1. The number of aryl methyl sites for hydroxylation is 1. The fourth-order valence-electron chi connectivity index (χ4n) is 5.84. The lowest BCUT2D eigenvalue weighted by atomic mass is 10.0. The van der Waals surface area contributed by atoms with Crippen molar-refractivity contribution in [3.63, 3.8) is 0 Å². The van der Waals surface area contributed by atoms with Crippen LogP contribution in [-0.2, 0) is 4.74 Å². The van der Waals surface area contributed by atoms with Gasteiger partial charge < -0.3 is 35.2 Å². The average molecular weight is 701 g/mol. The van der Waals surface area contributed by atoms with E-state index in [1.807, 2.05) is 61.5 Å². The number of aromatic nitrogens is 3. The number of rotatable bonds is 11. The Kier molecular flexibility index (Phi) is 10.3. The van der Waals surface area contributed by atoms with Crippen LogP contribution in [0.25, 0.3) is 11.4 Å². The second-order valence-electron chi connectivity index (χ2n) is 13.1. The van der Waals surface area contributed by atoms with E-state index in [4.69, 9.17) is 9.47 Å². The number of hydrogen-bond acceptors (Lipinski definition) is 10. The van der Waals surface area contributed by atoms with E-state index in [9.17, 15) is 19.8 Å². The molecule has 266 valence electrons. The molecule has 0 bridgehead atoms. The van der Waals surface area contributed by atoms with Crippen molar-refractivity contribution in [2.75, 3.05) is 41.8 Å². The Morgan fingerprint density at radius 1 is 0.769 bits per heavy atom. The number of morpholine rings is 1. The first-order chi connectivity index (χ1) is 25.3. The molecule has 5 aromatic rings. The molecule has 0 unspecified atom stereocenters. The first-order valence-electron chi connectivity index (χ1n) is 17.4. The Labute approximate surface area is 301 Å². The average Bonchev–Trinajstić information content (AvgIpc) is 4.11. The molecule has 8 rings (SSSR count). The monoisotopic (exact) mass is 700 g/mol. The van der Waals surface area contributed by atoms with Gasteiger partial charge in [0.25, 0.3) is 0 Å². The van der Waals surface area contributed by atoms with Crippen LogP contribution in [0.4, 0.5) is 28.6 Å². The van der Waals surface area contributed by atoms with E-state index in [0.717, 1.165) is 72.7 Å². The topological polar surface area (TPSA) is 159 Å². The Balaban J connectivity index is 0.000000167. The molecule has 3 aromatic carbocycles. The maximum atomic E-state index is 11.7. The summed E-state index contributed by atoms with van der Waals surface area (Å²) in [6.45, 7) is 4.97. The molecule has 12 heteroatoms. The lowest BCUT2D eigenvalue weighted by Crippen LogP contribution is -2.36. The first kappa shape index (κ1) is 34.4. The molecule has 52 heavy (non-hydrogen) atoms. The Hall–Kier alpha value is -6.01. The highest BCUT2D eigenvalue weighted by Crippen LogP contribution is 2.41. The summed E-state index contributed by atoms with van der Waals surface area (Å²) >= 11 is 0. The van der Waals surface area contributed by atoms with Crippen LogP contribution in [-0.4, -0.2) is 69.5 Å². The minimum atomic E-state index is -0.950. The maximum absolute atomic E-state index is 11.7. The van der Waals surface area contributed by atoms with E-state index < -0.39 is 11.9 Å². The van der Waals surface area contributed by atoms with E-state index in [2.05, 4.69) is 30.5 Å². The van der Waals surface area contributed by atoms with Crippen molar-refractivity contribution in [1.29, 1.82) is 0 Å². The highest BCUT2D eigenvalue weighted by molar-refractivity contribution is 5.96. The van der Waals surface area contributed by atoms with Gasteiger partial charge in [-0.1, -0.05) is 29.8 Å². The number of nitrogens with zero attached hydrogens (tertiary/aromatic N) is 4. The number of benzene rings is 3. The summed E-state index contributed by atoms with van der Waals surface area (Å²) in [6, 6.07) is 22.5. The highest BCUT2D eigenvalue weighted by atomic mass is 16.5. The fourth-order valence-corrected chi connectivity index (χ4v) is 5.84. The van der Waals surface area contributed by atoms with Gasteiger partial charge in [0.1, 0.15) is 11.6 Å². The van der Waals surface area contributed by atoms with Gasteiger partial charge in [0.15, 0.2) is 5.82 Å². The standard InChI is InChI=1S/C23H21N3O3.C17H19N3O3/c27-23(28)20-11-15(14-4-5-14)6-9-21(20)26-17-12-24-22(25-13-17)16-2-1-3-19(10-16)29-18-7-8-18;1-12-2-4-15(14(10-12)17(21)22)19-13-3-5-16(18-11-13)20-6-8-23-9-7-20/h1-3,6,9-14,18,26H,4-5,7-8H2,(H,27,28);2-5,10-11,19H,6-9H2,1H3,(H,21,22). The molecule has 3 heterocycles. The fraction of sp³-hybridized carbons (Fsp3) is 0.275. The first-order valence-corrected chi connectivity index (χ1v) is 17.4. The normalized spacial score (nSPS) is 15.2. The molecule has 2 aromatic heterocycles. The van der Waals surface area contributed by atoms with Crippen molar-refractivity contribution in [3.05, 3.63) is 114 Å². The molecule has 0 radical (unpaired) electrons. The summed E-state index contributed by atoms with van der Waals surface area (Å²) < 4.78 is 11.2. The Morgan fingerprint density at radius 2 is 1.44 bits per heavy atom. The lowest BCUT2D eigenvalue weighted by Gasteiger charge is -2.27. The summed E-state index contributed by atoms with van der Waals surface area (Å²) in [7, 11) is 0. The molecule has 1 saturated heterocycles.